The number of piperidine rings is 1. The van der Waals surface area contributed by atoms with Gasteiger partial charge in [-0.2, -0.15) is 0 Å². The van der Waals surface area contributed by atoms with Crippen LogP contribution in [0.25, 0.3) is 0 Å². The summed E-state index contributed by atoms with van der Waals surface area (Å²) in [5.74, 6) is 0.281. The smallest absolute Gasteiger partial charge is 0.222 e. The Balaban J connectivity index is 0.00000144. The molecule has 2 saturated heterocycles. The average Bonchev–Trinajstić information content (AvgIpc) is 3.08. The molecule has 3 rings (SSSR count). The highest BCUT2D eigenvalue weighted by Crippen LogP contribution is 2.22. The zero-order valence-electron chi connectivity index (χ0n) is 14.2. The topological polar surface area (TPSA) is 49.6 Å². The van der Waals surface area contributed by atoms with Crippen LogP contribution in [0.2, 0.25) is 0 Å². The molecule has 2 aliphatic rings. The number of rotatable bonds is 4. The maximum Gasteiger partial charge on any atom is 0.222 e. The Labute approximate surface area is 157 Å². The van der Waals surface area contributed by atoms with Crippen LogP contribution in [0.15, 0.2) is 24.3 Å². The van der Waals surface area contributed by atoms with Crippen LogP contribution in [-0.4, -0.2) is 47.9 Å². The predicted molar refractivity (Wildman–Crippen MR) is 104 cm³/mol. The SMILES string of the molecule is Cl.Cl.Nc1ccccc1CCC(=O)N1CCC(N2CCCC2)CC1. The van der Waals surface area contributed by atoms with E-state index in [2.05, 4.69) is 4.90 Å². The lowest BCUT2D eigenvalue weighted by Gasteiger charge is -2.36. The summed E-state index contributed by atoms with van der Waals surface area (Å²) in [6, 6.07) is 8.54. The maximum atomic E-state index is 12.4. The van der Waals surface area contributed by atoms with Gasteiger partial charge < -0.3 is 15.5 Å². The molecule has 0 aromatic heterocycles. The van der Waals surface area contributed by atoms with E-state index in [1.54, 1.807) is 0 Å². The number of para-hydroxylation sites is 1. The number of halogens is 2. The summed E-state index contributed by atoms with van der Waals surface area (Å²) < 4.78 is 0. The minimum Gasteiger partial charge on any atom is -0.399 e. The Bertz CT molecular complexity index is 513. The van der Waals surface area contributed by atoms with Crippen molar-refractivity contribution in [3.63, 3.8) is 0 Å². The second kappa shape index (κ2) is 10.1. The Morgan fingerprint density at radius 3 is 2.29 bits per heavy atom. The molecule has 6 heteroatoms. The van der Waals surface area contributed by atoms with Crippen molar-refractivity contribution in [2.75, 3.05) is 31.9 Å². The molecule has 0 radical (unpaired) electrons. The molecule has 2 fully saturated rings. The summed E-state index contributed by atoms with van der Waals surface area (Å²) in [4.78, 5) is 17.0. The third-order valence-corrected chi connectivity index (χ3v) is 5.14. The Hall–Kier alpha value is -0.970. The lowest BCUT2D eigenvalue weighted by molar-refractivity contribution is -0.132. The largest absolute Gasteiger partial charge is 0.399 e. The number of carbonyl (C=O) groups excluding carboxylic acids is 1. The van der Waals surface area contributed by atoms with Crippen LogP contribution in [0.1, 0.15) is 37.7 Å². The van der Waals surface area contributed by atoms with Crippen LogP contribution < -0.4 is 5.73 Å². The van der Waals surface area contributed by atoms with Crippen molar-refractivity contribution in [2.45, 2.75) is 44.6 Å². The lowest BCUT2D eigenvalue weighted by atomic mass is 10.0. The molecule has 1 aromatic rings. The first-order valence-corrected chi connectivity index (χ1v) is 8.59. The van der Waals surface area contributed by atoms with Crippen molar-refractivity contribution in [2.24, 2.45) is 0 Å². The summed E-state index contributed by atoms with van der Waals surface area (Å²) in [5, 5.41) is 0. The molecule has 24 heavy (non-hydrogen) atoms. The van der Waals surface area contributed by atoms with Gasteiger partial charge >= 0.3 is 0 Å². The van der Waals surface area contributed by atoms with Crippen molar-refractivity contribution in [3.8, 4) is 0 Å². The second-order valence-electron chi connectivity index (χ2n) is 6.55. The normalized spacial score (nSPS) is 18.8. The van der Waals surface area contributed by atoms with Crippen LogP contribution in [0, 0.1) is 0 Å². The van der Waals surface area contributed by atoms with Gasteiger partial charge in [0.1, 0.15) is 0 Å². The van der Waals surface area contributed by atoms with Crippen molar-refractivity contribution in [1.82, 2.24) is 9.80 Å². The molecule has 0 spiro atoms. The maximum absolute atomic E-state index is 12.4. The average molecular weight is 374 g/mol. The molecular formula is C18H29Cl2N3O. The van der Waals surface area contributed by atoms with E-state index in [0.29, 0.717) is 12.5 Å². The van der Waals surface area contributed by atoms with E-state index in [-0.39, 0.29) is 30.7 Å². The fourth-order valence-electron chi connectivity index (χ4n) is 3.75. The van der Waals surface area contributed by atoms with Crippen molar-refractivity contribution in [3.05, 3.63) is 29.8 Å². The molecule has 4 nitrogen and oxygen atoms in total. The van der Waals surface area contributed by atoms with Gasteiger partial charge in [0.15, 0.2) is 0 Å². The quantitative estimate of drug-likeness (QED) is 0.824. The van der Waals surface area contributed by atoms with Crippen molar-refractivity contribution < 1.29 is 4.79 Å². The van der Waals surface area contributed by atoms with E-state index in [9.17, 15) is 4.79 Å². The number of amides is 1. The first-order valence-electron chi connectivity index (χ1n) is 8.59. The van der Waals surface area contributed by atoms with E-state index in [4.69, 9.17) is 5.73 Å². The summed E-state index contributed by atoms with van der Waals surface area (Å²) in [5.41, 5.74) is 7.82. The Morgan fingerprint density at radius 1 is 1.04 bits per heavy atom. The summed E-state index contributed by atoms with van der Waals surface area (Å²) in [6.45, 7) is 4.35. The molecule has 2 aliphatic heterocycles. The molecule has 0 unspecified atom stereocenters. The number of aryl methyl sites for hydroxylation is 1. The summed E-state index contributed by atoms with van der Waals surface area (Å²) >= 11 is 0. The first-order chi connectivity index (χ1) is 10.7. The number of nitrogen functional groups attached to an aromatic ring is 1. The minimum atomic E-state index is 0. The lowest BCUT2D eigenvalue weighted by Crippen LogP contribution is -2.45. The number of nitrogens with two attached hydrogens (primary N) is 1. The van der Waals surface area contributed by atoms with E-state index in [1.807, 2.05) is 29.2 Å². The highest BCUT2D eigenvalue weighted by Gasteiger charge is 2.27. The van der Waals surface area contributed by atoms with E-state index in [1.165, 1.54) is 25.9 Å². The fourth-order valence-corrected chi connectivity index (χ4v) is 3.75. The number of hydrogen-bond donors (Lipinski definition) is 1. The zero-order valence-corrected chi connectivity index (χ0v) is 15.8. The summed E-state index contributed by atoms with van der Waals surface area (Å²) in [7, 11) is 0. The van der Waals surface area contributed by atoms with Gasteiger partial charge in [0.25, 0.3) is 0 Å². The monoisotopic (exact) mass is 373 g/mol. The predicted octanol–water partition coefficient (Wildman–Crippen LogP) is 3.13. The number of nitrogens with zero attached hydrogens (tertiary/aromatic N) is 2. The van der Waals surface area contributed by atoms with Crippen molar-refractivity contribution >= 4 is 36.4 Å². The standard InChI is InChI=1S/C18H27N3O.2ClH/c19-17-6-2-1-5-15(17)7-8-18(22)21-13-9-16(10-14-21)20-11-3-4-12-20;;/h1-2,5-6,16H,3-4,7-14,19H2;2*1H. The van der Waals surface area contributed by atoms with Gasteiger partial charge in [-0.3, -0.25) is 4.79 Å². The van der Waals surface area contributed by atoms with Crippen LogP contribution in [-0.2, 0) is 11.2 Å². The third-order valence-electron chi connectivity index (χ3n) is 5.14. The van der Waals surface area contributed by atoms with Gasteiger partial charge in [0.05, 0.1) is 0 Å². The molecule has 0 atom stereocenters. The van der Waals surface area contributed by atoms with Gasteiger partial charge in [-0.1, -0.05) is 18.2 Å². The third kappa shape index (κ3) is 5.27. The van der Waals surface area contributed by atoms with E-state index < -0.39 is 0 Å². The Morgan fingerprint density at radius 2 is 1.67 bits per heavy atom. The highest BCUT2D eigenvalue weighted by atomic mass is 35.5. The van der Waals surface area contributed by atoms with Gasteiger partial charge in [-0.25, -0.2) is 0 Å². The van der Waals surface area contributed by atoms with Crippen LogP contribution in [0.4, 0.5) is 5.69 Å². The molecule has 0 aliphatic carbocycles. The van der Waals surface area contributed by atoms with Crippen LogP contribution in [0.5, 0.6) is 0 Å². The molecule has 0 bridgehead atoms. The van der Waals surface area contributed by atoms with Gasteiger partial charge in [0.2, 0.25) is 5.91 Å². The molecule has 1 amide bonds. The first kappa shape index (κ1) is 21.1. The molecule has 0 saturated carbocycles. The number of benzene rings is 1. The second-order valence-corrected chi connectivity index (χ2v) is 6.55. The molecular weight excluding hydrogens is 345 g/mol. The number of carbonyl (C=O) groups is 1. The van der Waals surface area contributed by atoms with E-state index >= 15 is 0 Å². The zero-order chi connectivity index (χ0) is 15.4. The summed E-state index contributed by atoms with van der Waals surface area (Å²) in [6.07, 6.45) is 6.29. The van der Waals surface area contributed by atoms with Gasteiger partial charge in [-0.05, 0) is 56.8 Å². The minimum absolute atomic E-state index is 0. The number of hydrogen-bond acceptors (Lipinski definition) is 3. The van der Waals surface area contributed by atoms with Crippen molar-refractivity contribution in [1.29, 1.82) is 0 Å². The number of likely N-dealkylation sites (tertiary alicyclic amines) is 2. The molecule has 1 aromatic carbocycles. The molecule has 136 valence electrons. The van der Waals surface area contributed by atoms with Crippen LogP contribution in [0.3, 0.4) is 0 Å². The number of anilines is 1. The highest BCUT2D eigenvalue weighted by molar-refractivity contribution is 5.85. The van der Waals surface area contributed by atoms with Crippen LogP contribution >= 0.6 is 24.8 Å². The van der Waals surface area contributed by atoms with Gasteiger partial charge in [-0.15, -0.1) is 24.8 Å². The molecule has 2 N–H and O–H groups in total. The Kier molecular flexibility index (Phi) is 8.88. The fraction of sp³-hybridized carbons (Fsp3) is 0.611. The molecule has 2 heterocycles. The van der Waals surface area contributed by atoms with Gasteiger partial charge in [0, 0.05) is 31.2 Å². The van der Waals surface area contributed by atoms with E-state index in [0.717, 1.165) is 43.6 Å².